The average molecular weight is 228 g/mol. The van der Waals surface area contributed by atoms with Crippen LogP contribution in [0.4, 0.5) is 17.6 Å². The lowest BCUT2D eigenvalue weighted by Crippen LogP contribution is -2.35. The SMILES string of the molecule is CC(C)(C)/C(O)=C\C(=O)C(F)(F)C(F)F. The third-order valence-electron chi connectivity index (χ3n) is 1.64. The fourth-order valence-electron chi connectivity index (χ4n) is 0.544. The summed E-state index contributed by atoms with van der Waals surface area (Å²) in [6, 6.07) is 0. The minimum atomic E-state index is -4.75. The Morgan fingerprint density at radius 1 is 1.27 bits per heavy atom. The highest BCUT2D eigenvalue weighted by molar-refractivity contribution is 5.96. The molecule has 0 radical (unpaired) electrons. The summed E-state index contributed by atoms with van der Waals surface area (Å²) in [7, 11) is 0. The Morgan fingerprint density at radius 2 is 1.67 bits per heavy atom. The van der Waals surface area contributed by atoms with Crippen LogP contribution < -0.4 is 0 Å². The second kappa shape index (κ2) is 4.20. The van der Waals surface area contributed by atoms with E-state index in [-0.39, 0.29) is 6.08 Å². The van der Waals surface area contributed by atoms with E-state index in [0.29, 0.717) is 0 Å². The van der Waals surface area contributed by atoms with Crippen molar-refractivity contribution < 1.29 is 27.5 Å². The van der Waals surface area contributed by atoms with Crippen LogP contribution in [0.25, 0.3) is 0 Å². The summed E-state index contributed by atoms with van der Waals surface area (Å²) in [5, 5.41) is 9.16. The molecule has 0 aliphatic rings. The Labute approximate surface area is 84.6 Å². The molecule has 88 valence electrons. The number of allylic oxidation sites excluding steroid dienone is 2. The van der Waals surface area contributed by atoms with Gasteiger partial charge in [-0.05, 0) is 0 Å². The number of alkyl halides is 4. The monoisotopic (exact) mass is 228 g/mol. The molecule has 0 aromatic carbocycles. The number of halogens is 4. The fraction of sp³-hybridized carbons (Fsp3) is 0.667. The van der Waals surface area contributed by atoms with Gasteiger partial charge in [-0.2, -0.15) is 8.78 Å². The van der Waals surface area contributed by atoms with Crippen LogP contribution in [-0.2, 0) is 4.79 Å². The van der Waals surface area contributed by atoms with Gasteiger partial charge in [-0.15, -0.1) is 0 Å². The van der Waals surface area contributed by atoms with E-state index in [1.807, 2.05) is 0 Å². The first-order valence-electron chi connectivity index (χ1n) is 4.11. The predicted octanol–water partition coefficient (Wildman–Crippen LogP) is 2.94. The Bertz CT molecular complexity index is 276. The van der Waals surface area contributed by atoms with E-state index in [1.165, 1.54) is 20.8 Å². The minimum Gasteiger partial charge on any atom is -0.512 e. The molecule has 0 aliphatic carbocycles. The second-order valence-corrected chi connectivity index (χ2v) is 4.07. The number of aliphatic hydroxyl groups excluding tert-OH is 1. The van der Waals surface area contributed by atoms with E-state index in [1.54, 1.807) is 0 Å². The van der Waals surface area contributed by atoms with Gasteiger partial charge in [-0.3, -0.25) is 4.79 Å². The number of aliphatic hydroxyl groups is 1. The molecule has 1 N–H and O–H groups in total. The van der Waals surface area contributed by atoms with Crippen LogP contribution in [0, 0.1) is 5.41 Å². The number of carbonyl (C=O) groups excluding carboxylic acids is 1. The third kappa shape index (κ3) is 3.53. The number of hydrogen-bond acceptors (Lipinski definition) is 2. The van der Waals surface area contributed by atoms with Crippen LogP contribution in [-0.4, -0.2) is 23.2 Å². The summed E-state index contributed by atoms with van der Waals surface area (Å²) in [6.45, 7) is 4.35. The highest BCUT2D eigenvalue weighted by atomic mass is 19.3. The fourth-order valence-corrected chi connectivity index (χ4v) is 0.544. The third-order valence-corrected chi connectivity index (χ3v) is 1.64. The maximum atomic E-state index is 12.4. The van der Waals surface area contributed by atoms with Crippen LogP contribution in [0.5, 0.6) is 0 Å². The zero-order valence-corrected chi connectivity index (χ0v) is 8.52. The molecule has 0 rings (SSSR count). The summed E-state index contributed by atoms with van der Waals surface area (Å²) in [5.41, 5.74) is -0.937. The maximum absolute atomic E-state index is 12.4. The molecule has 0 unspecified atom stereocenters. The summed E-state index contributed by atoms with van der Waals surface area (Å²) in [6.07, 6.45) is -3.93. The molecule has 0 aromatic rings. The van der Waals surface area contributed by atoms with Crippen molar-refractivity contribution in [2.24, 2.45) is 5.41 Å². The lowest BCUT2D eigenvalue weighted by molar-refractivity contribution is -0.161. The van der Waals surface area contributed by atoms with Gasteiger partial charge >= 0.3 is 12.3 Å². The Kier molecular flexibility index (Phi) is 3.90. The molecular weight excluding hydrogens is 216 g/mol. The first-order chi connectivity index (χ1) is 6.49. The van der Waals surface area contributed by atoms with Crippen molar-refractivity contribution >= 4 is 5.78 Å². The van der Waals surface area contributed by atoms with Crippen molar-refractivity contribution in [1.82, 2.24) is 0 Å². The summed E-state index contributed by atoms with van der Waals surface area (Å²) in [4.78, 5) is 10.7. The molecule has 0 fully saturated rings. The van der Waals surface area contributed by atoms with Gasteiger partial charge < -0.3 is 5.11 Å². The molecular formula is C9H12F4O2. The zero-order valence-electron chi connectivity index (χ0n) is 8.52. The highest BCUT2D eigenvalue weighted by Crippen LogP contribution is 2.28. The van der Waals surface area contributed by atoms with Crippen LogP contribution in [0.3, 0.4) is 0 Å². The number of hydrogen-bond donors (Lipinski definition) is 1. The van der Waals surface area contributed by atoms with Crippen LogP contribution >= 0.6 is 0 Å². The molecule has 15 heavy (non-hydrogen) atoms. The molecule has 0 bridgehead atoms. The van der Waals surface area contributed by atoms with E-state index < -0.39 is 29.3 Å². The van der Waals surface area contributed by atoms with Crippen molar-refractivity contribution in [1.29, 1.82) is 0 Å². The zero-order chi connectivity index (χ0) is 12.4. The van der Waals surface area contributed by atoms with Crippen LogP contribution in [0.1, 0.15) is 20.8 Å². The first-order valence-corrected chi connectivity index (χ1v) is 4.11. The van der Waals surface area contributed by atoms with Gasteiger partial charge in [0.1, 0.15) is 5.76 Å². The number of ketones is 1. The largest absolute Gasteiger partial charge is 0.512 e. The van der Waals surface area contributed by atoms with Crippen LogP contribution in [0.2, 0.25) is 0 Å². The first kappa shape index (κ1) is 13.9. The van der Waals surface area contributed by atoms with Gasteiger partial charge in [0.15, 0.2) is 0 Å². The van der Waals surface area contributed by atoms with Crippen molar-refractivity contribution in [2.45, 2.75) is 33.1 Å². The smallest absolute Gasteiger partial charge is 0.368 e. The van der Waals surface area contributed by atoms with Crippen molar-refractivity contribution in [3.8, 4) is 0 Å². The molecule has 0 heterocycles. The van der Waals surface area contributed by atoms with Gasteiger partial charge in [0.05, 0.1) is 0 Å². The second-order valence-electron chi connectivity index (χ2n) is 4.07. The summed E-state index contributed by atoms with van der Waals surface area (Å²) in [5.74, 6) is -7.50. The van der Waals surface area contributed by atoms with E-state index in [4.69, 9.17) is 5.11 Å². The predicted molar refractivity (Wildman–Crippen MR) is 46.1 cm³/mol. The van der Waals surface area contributed by atoms with Crippen molar-refractivity contribution in [2.75, 3.05) is 0 Å². The molecule has 0 aliphatic heterocycles. The quantitative estimate of drug-likeness (QED) is 0.458. The topological polar surface area (TPSA) is 37.3 Å². The normalized spacial score (nSPS) is 14.5. The lowest BCUT2D eigenvalue weighted by Gasteiger charge is -2.18. The molecule has 2 nitrogen and oxygen atoms in total. The molecule has 0 spiro atoms. The number of carbonyl (C=O) groups is 1. The minimum absolute atomic E-state index is 0.145. The summed E-state index contributed by atoms with van der Waals surface area (Å²) >= 11 is 0. The van der Waals surface area contributed by atoms with Gasteiger partial charge in [-0.25, -0.2) is 8.78 Å². The maximum Gasteiger partial charge on any atom is 0.368 e. The van der Waals surface area contributed by atoms with E-state index in [2.05, 4.69) is 0 Å². The van der Waals surface area contributed by atoms with E-state index >= 15 is 0 Å². The molecule has 0 aromatic heterocycles. The highest BCUT2D eigenvalue weighted by Gasteiger charge is 2.47. The van der Waals surface area contributed by atoms with Gasteiger partial charge in [-0.1, -0.05) is 20.8 Å². The molecule has 6 heteroatoms. The Balaban J connectivity index is 4.92. The molecule has 0 atom stereocenters. The Morgan fingerprint density at radius 3 is 1.93 bits per heavy atom. The van der Waals surface area contributed by atoms with Gasteiger partial charge in [0.2, 0.25) is 5.78 Å². The molecule has 0 saturated heterocycles. The van der Waals surface area contributed by atoms with Crippen molar-refractivity contribution in [3.63, 3.8) is 0 Å². The molecule has 0 saturated carbocycles. The molecule has 0 amide bonds. The van der Waals surface area contributed by atoms with E-state index in [0.717, 1.165) is 0 Å². The summed E-state index contributed by atoms with van der Waals surface area (Å²) < 4.78 is 48.3. The number of rotatable bonds is 3. The lowest BCUT2D eigenvalue weighted by atomic mass is 9.92. The van der Waals surface area contributed by atoms with Crippen molar-refractivity contribution in [3.05, 3.63) is 11.8 Å². The van der Waals surface area contributed by atoms with E-state index in [9.17, 15) is 22.4 Å². The average Bonchev–Trinajstić information content (AvgIpc) is 2.01. The van der Waals surface area contributed by atoms with Crippen LogP contribution in [0.15, 0.2) is 11.8 Å². The van der Waals surface area contributed by atoms with Gasteiger partial charge in [0.25, 0.3) is 0 Å². The Hall–Kier alpha value is -1.07. The standard InChI is InChI=1S/C9H12F4O2/c1-8(2,3)5(14)4-6(15)9(12,13)7(10)11/h4,7,14H,1-3H3/b5-4+. The van der Waals surface area contributed by atoms with Gasteiger partial charge in [0, 0.05) is 11.5 Å².